The van der Waals surface area contributed by atoms with Crippen LogP contribution in [0.2, 0.25) is 0 Å². The highest BCUT2D eigenvalue weighted by molar-refractivity contribution is 6.39. The summed E-state index contributed by atoms with van der Waals surface area (Å²) >= 11 is 0. The molecular formula is C11H15NO2. The Morgan fingerprint density at radius 1 is 1.36 bits per heavy atom. The lowest BCUT2D eigenvalue weighted by Gasteiger charge is -2.30. The van der Waals surface area contributed by atoms with Gasteiger partial charge in [0.05, 0.1) is 11.5 Å². The van der Waals surface area contributed by atoms with Gasteiger partial charge in [0.15, 0.2) is 0 Å². The third kappa shape index (κ3) is 0.645. The lowest BCUT2D eigenvalue weighted by Crippen LogP contribution is -2.42. The molecule has 14 heavy (non-hydrogen) atoms. The zero-order valence-electron chi connectivity index (χ0n) is 8.62. The summed E-state index contributed by atoms with van der Waals surface area (Å²) < 4.78 is 0. The molecule has 3 rings (SSSR count). The number of Topliss-reactive ketones (excluding diaryl/α,β-unsaturated/α-hetero) is 1. The molecule has 1 aliphatic carbocycles. The van der Waals surface area contributed by atoms with E-state index in [9.17, 15) is 9.59 Å². The van der Waals surface area contributed by atoms with Crippen LogP contribution < -0.4 is 0 Å². The maximum atomic E-state index is 11.7. The third-order valence-electron chi connectivity index (χ3n) is 4.73. The van der Waals surface area contributed by atoms with Crippen molar-refractivity contribution < 1.29 is 9.59 Å². The molecule has 76 valence electrons. The number of carbonyl (C=O) groups excluding carboxylic acids is 2. The predicted octanol–water partition coefficient (Wildman–Crippen LogP) is 0.832. The quantitative estimate of drug-likeness (QED) is 0.534. The lowest BCUT2D eigenvalue weighted by molar-refractivity contribution is -0.141. The first-order valence-corrected chi connectivity index (χ1v) is 5.42. The van der Waals surface area contributed by atoms with Crippen molar-refractivity contribution in [2.75, 3.05) is 6.54 Å². The fourth-order valence-electron chi connectivity index (χ4n) is 4.03. The van der Waals surface area contributed by atoms with Crippen molar-refractivity contribution in [3.8, 4) is 0 Å². The number of hydrogen-bond donors (Lipinski definition) is 0. The van der Waals surface area contributed by atoms with Crippen molar-refractivity contribution in [2.45, 2.75) is 32.2 Å². The highest BCUT2D eigenvalue weighted by Crippen LogP contribution is 2.56. The minimum Gasteiger partial charge on any atom is -0.329 e. The monoisotopic (exact) mass is 193 g/mol. The molecule has 0 radical (unpaired) electrons. The van der Waals surface area contributed by atoms with Gasteiger partial charge in [-0.3, -0.25) is 9.59 Å². The normalized spacial score (nSPS) is 50.4. The van der Waals surface area contributed by atoms with Gasteiger partial charge in [0, 0.05) is 6.54 Å². The van der Waals surface area contributed by atoms with E-state index in [0.717, 1.165) is 19.4 Å². The van der Waals surface area contributed by atoms with Crippen LogP contribution in [0, 0.1) is 17.8 Å². The molecule has 2 saturated heterocycles. The van der Waals surface area contributed by atoms with Crippen LogP contribution in [0.25, 0.3) is 0 Å². The van der Waals surface area contributed by atoms with E-state index in [4.69, 9.17) is 0 Å². The molecule has 3 aliphatic rings. The highest BCUT2D eigenvalue weighted by Gasteiger charge is 2.66. The van der Waals surface area contributed by atoms with Crippen LogP contribution in [0.15, 0.2) is 0 Å². The van der Waals surface area contributed by atoms with Gasteiger partial charge in [-0.05, 0) is 31.6 Å². The number of ketones is 1. The minimum absolute atomic E-state index is 0.00458. The summed E-state index contributed by atoms with van der Waals surface area (Å²) in [6.45, 7) is 5.11. The molecular weight excluding hydrogens is 178 g/mol. The summed E-state index contributed by atoms with van der Waals surface area (Å²) in [6.07, 6.45) is 2.05. The first-order chi connectivity index (χ1) is 6.56. The molecule has 1 saturated carbocycles. The number of amides is 1. The Bertz CT molecular complexity index is 338. The zero-order chi connectivity index (χ0) is 10.1. The molecule has 3 fully saturated rings. The van der Waals surface area contributed by atoms with Crippen LogP contribution in [0.3, 0.4) is 0 Å². The maximum Gasteiger partial charge on any atom is 0.290 e. The van der Waals surface area contributed by atoms with Crippen molar-refractivity contribution in [1.29, 1.82) is 0 Å². The Hall–Kier alpha value is -0.860. The van der Waals surface area contributed by atoms with Crippen molar-refractivity contribution in [3.63, 3.8) is 0 Å². The SMILES string of the molecule is C[C@@H]1CN2C(=O)C(=O)[C@H]3CC[C@@H]1[C@]32C. The highest BCUT2D eigenvalue weighted by atomic mass is 16.2. The fraction of sp³-hybridized carbons (Fsp3) is 0.818. The standard InChI is InChI=1S/C11H15NO2/c1-6-5-12-10(14)9(13)8-4-3-7(6)11(8,12)2/h6-8H,3-5H2,1-2H3/t6-,7+,8-,11-/m1/s1. The molecule has 0 N–H and O–H groups in total. The van der Waals surface area contributed by atoms with E-state index in [1.807, 2.05) is 4.90 Å². The van der Waals surface area contributed by atoms with Crippen molar-refractivity contribution in [1.82, 2.24) is 4.90 Å². The Kier molecular flexibility index (Phi) is 1.33. The predicted molar refractivity (Wildman–Crippen MR) is 50.5 cm³/mol. The van der Waals surface area contributed by atoms with Gasteiger partial charge in [0.1, 0.15) is 0 Å². The summed E-state index contributed by atoms with van der Waals surface area (Å²) in [7, 11) is 0. The van der Waals surface area contributed by atoms with Gasteiger partial charge in [0.2, 0.25) is 5.78 Å². The average molecular weight is 193 g/mol. The molecule has 2 heterocycles. The summed E-state index contributed by atoms with van der Waals surface area (Å²) in [6, 6.07) is 0. The van der Waals surface area contributed by atoms with Gasteiger partial charge in [-0.2, -0.15) is 0 Å². The molecule has 0 unspecified atom stereocenters. The topological polar surface area (TPSA) is 37.4 Å². The van der Waals surface area contributed by atoms with Crippen molar-refractivity contribution in [3.05, 3.63) is 0 Å². The second kappa shape index (κ2) is 2.20. The second-order valence-electron chi connectivity index (χ2n) is 5.22. The number of rotatable bonds is 0. The molecule has 0 aromatic carbocycles. The minimum atomic E-state index is -0.216. The maximum absolute atomic E-state index is 11.7. The van der Waals surface area contributed by atoms with Crippen molar-refractivity contribution in [2.24, 2.45) is 17.8 Å². The zero-order valence-corrected chi connectivity index (χ0v) is 8.62. The van der Waals surface area contributed by atoms with E-state index >= 15 is 0 Å². The Labute approximate surface area is 83.5 Å². The summed E-state index contributed by atoms with van der Waals surface area (Å²) in [4.78, 5) is 25.3. The van der Waals surface area contributed by atoms with E-state index in [2.05, 4.69) is 13.8 Å². The molecule has 0 bridgehead atoms. The van der Waals surface area contributed by atoms with E-state index in [-0.39, 0.29) is 23.1 Å². The molecule has 0 aromatic heterocycles. The fourth-order valence-corrected chi connectivity index (χ4v) is 4.03. The van der Waals surface area contributed by atoms with Crippen LogP contribution in [0.5, 0.6) is 0 Å². The first kappa shape index (κ1) is 8.45. The van der Waals surface area contributed by atoms with E-state index in [1.54, 1.807) is 0 Å². The third-order valence-corrected chi connectivity index (χ3v) is 4.73. The summed E-state index contributed by atoms with van der Waals surface area (Å²) in [5.74, 6) is 0.795. The van der Waals surface area contributed by atoms with Gasteiger partial charge in [-0.15, -0.1) is 0 Å². The van der Waals surface area contributed by atoms with Gasteiger partial charge in [-0.25, -0.2) is 0 Å². The molecule has 3 heteroatoms. The Balaban J connectivity index is 2.13. The second-order valence-corrected chi connectivity index (χ2v) is 5.22. The Morgan fingerprint density at radius 3 is 2.79 bits per heavy atom. The molecule has 3 nitrogen and oxygen atoms in total. The smallest absolute Gasteiger partial charge is 0.290 e. The molecule has 0 spiro atoms. The van der Waals surface area contributed by atoms with Crippen LogP contribution in [-0.4, -0.2) is 28.7 Å². The van der Waals surface area contributed by atoms with Crippen LogP contribution >= 0.6 is 0 Å². The van der Waals surface area contributed by atoms with Gasteiger partial charge < -0.3 is 4.90 Å². The largest absolute Gasteiger partial charge is 0.329 e. The molecule has 4 atom stereocenters. The number of nitrogens with zero attached hydrogens (tertiary/aromatic N) is 1. The van der Waals surface area contributed by atoms with Gasteiger partial charge in [0.25, 0.3) is 5.91 Å². The molecule has 0 aromatic rings. The molecule has 2 aliphatic heterocycles. The number of hydrogen-bond acceptors (Lipinski definition) is 2. The first-order valence-electron chi connectivity index (χ1n) is 5.42. The van der Waals surface area contributed by atoms with E-state index in [1.165, 1.54) is 0 Å². The van der Waals surface area contributed by atoms with Gasteiger partial charge >= 0.3 is 0 Å². The van der Waals surface area contributed by atoms with Gasteiger partial charge in [-0.1, -0.05) is 6.92 Å². The average Bonchev–Trinajstić information content (AvgIpc) is 2.65. The Morgan fingerprint density at radius 2 is 2.07 bits per heavy atom. The van der Waals surface area contributed by atoms with E-state index < -0.39 is 0 Å². The van der Waals surface area contributed by atoms with Crippen LogP contribution in [0.4, 0.5) is 0 Å². The number of carbonyl (C=O) groups is 2. The van der Waals surface area contributed by atoms with Crippen LogP contribution in [0.1, 0.15) is 26.7 Å². The van der Waals surface area contributed by atoms with E-state index in [0.29, 0.717) is 11.8 Å². The van der Waals surface area contributed by atoms with Crippen LogP contribution in [-0.2, 0) is 9.59 Å². The molecule has 1 amide bonds. The summed E-state index contributed by atoms with van der Waals surface area (Å²) in [5.41, 5.74) is -0.117. The summed E-state index contributed by atoms with van der Waals surface area (Å²) in [5, 5.41) is 0. The lowest BCUT2D eigenvalue weighted by atomic mass is 9.81. The van der Waals surface area contributed by atoms with Crippen molar-refractivity contribution >= 4 is 11.7 Å².